The molecule has 2 aliphatic rings. The molecule has 1 saturated carbocycles. The highest BCUT2D eigenvalue weighted by atomic mass is 35.5. The van der Waals surface area contributed by atoms with Gasteiger partial charge >= 0.3 is 0 Å². The molecule has 1 heterocycles. The molecule has 126 valence electrons. The van der Waals surface area contributed by atoms with Crippen molar-refractivity contribution in [3.63, 3.8) is 0 Å². The fourth-order valence-electron chi connectivity index (χ4n) is 3.59. The number of rotatable bonds is 6. The molecule has 5 heteroatoms. The molecule has 23 heavy (non-hydrogen) atoms. The summed E-state index contributed by atoms with van der Waals surface area (Å²) in [5.74, 6) is -0.448. The number of carbonyl (C=O) groups excluding carboxylic acids is 1. The molecule has 1 aromatic rings. The van der Waals surface area contributed by atoms with E-state index < -0.39 is 5.79 Å². The molecule has 0 bridgehead atoms. The number of benzene rings is 1. The fourth-order valence-corrected chi connectivity index (χ4v) is 3.80. The lowest BCUT2D eigenvalue weighted by molar-refractivity contribution is -0.194. The van der Waals surface area contributed by atoms with Crippen molar-refractivity contribution in [2.45, 2.75) is 62.9 Å². The molecule has 1 aromatic carbocycles. The van der Waals surface area contributed by atoms with Gasteiger partial charge in [0.15, 0.2) is 5.79 Å². The van der Waals surface area contributed by atoms with E-state index in [4.69, 9.17) is 25.8 Å². The van der Waals surface area contributed by atoms with Crippen LogP contribution < -0.4 is 0 Å². The second kappa shape index (κ2) is 7.65. The molecule has 0 N–H and O–H groups in total. The first-order valence-electron chi connectivity index (χ1n) is 8.37. The Morgan fingerprint density at radius 1 is 1.17 bits per heavy atom. The summed E-state index contributed by atoms with van der Waals surface area (Å²) >= 11 is 6.29. The Labute approximate surface area is 142 Å². The van der Waals surface area contributed by atoms with E-state index in [9.17, 15) is 4.79 Å². The van der Waals surface area contributed by atoms with Crippen LogP contribution in [0.3, 0.4) is 0 Å². The third-order valence-corrected chi connectivity index (χ3v) is 5.10. The first-order chi connectivity index (χ1) is 11.2. The van der Waals surface area contributed by atoms with Gasteiger partial charge in [0.1, 0.15) is 0 Å². The molecule has 3 rings (SSSR count). The Kier molecular flexibility index (Phi) is 5.57. The molecule has 2 fully saturated rings. The first-order valence-corrected chi connectivity index (χ1v) is 8.74. The van der Waals surface area contributed by atoms with Gasteiger partial charge in [0, 0.05) is 30.7 Å². The molecule has 1 saturated heterocycles. The van der Waals surface area contributed by atoms with E-state index in [1.807, 2.05) is 24.3 Å². The van der Waals surface area contributed by atoms with Crippen LogP contribution in [0, 0.1) is 0 Å². The maximum Gasteiger partial charge on any atom is 0.293 e. The molecule has 1 aliphatic heterocycles. The van der Waals surface area contributed by atoms with Gasteiger partial charge in [-0.25, -0.2) is 0 Å². The third kappa shape index (κ3) is 4.06. The Bertz CT molecular complexity index is 528. The van der Waals surface area contributed by atoms with Crippen molar-refractivity contribution in [2.75, 3.05) is 6.61 Å². The lowest BCUT2D eigenvalue weighted by Gasteiger charge is -2.32. The molecule has 0 amide bonds. The largest absolute Gasteiger partial charge is 0.468 e. The topological polar surface area (TPSA) is 44.8 Å². The van der Waals surface area contributed by atoms with Crippen LogP contribution in [-0.2, 0) is 25.4 Å². The zero-order chi connectivity index (χ0) is 16.1. The molecule has 2 atom stereocenters. The average molecular weight is 339 g/mol. The van der Waals surface area contributed by atoms with Crippen LogP contribution in [0.4, 0.5) is 0 Å². The zero-order valence-corrected chi connectivity index (χ0v) is 14.0. The van der Waals surface area contributed by atoms with Crippen LogP contribution in [0.2, 0.25) is 5.02 Å². The second-order valence-corrected chi connectivity index (χ2v) is 6.74. The van der Waals surface area contributed by atoms with Gasteiger partial charge in [-0.2, -0.15) is 0 Å². The van der Waals surface area contributed by atoms with E-state index in [1.165, 1.54) is 6.42 Å². The highest BCUT2D eigenvalue weighted by molar-refractivity contribution is 6.31. The maximum atomic E-state index is 10.4. The monoisotopic (exact) mass is 338 g/mol. The molecular formula is C18H23ClO4. The summed E-state index contributed by atoms with van der Waals surface area (Å²) in [4.78, 5) is 10.4. The Hall–Kier alpha value is -1.10. The highest BCUT2D eigenvalue weighted by Gasteiger charge is 2.47. The minimum Gasteiger partial charge on any atom is -0.468 e. The van der Waals surface area contributed by atoms with Crippen LogP contribution in [0.5, 0.6) is 0 Å². The van der Waals surface area contributed by atoms with Crippen LogP contribution in [0.25, 0.3) is 0 Å². The number of halogens is 1. The predicted octanol–water partition coefficient (Wildman–Crippen LogP) is 3.89. The van der Waals surface area contributed by atoms with Crippen molar-refractivity contribution in [2.24, 2.45) is 0 Å². The molecule has 0 radical (unpaired) electrons. The highest BCUT2D eigenvalue weighted by Crippen LogP contribution is 2.42. The van der Waals surface area contributed by atoms with E-state index in [-0.39, 0.29) is 12.2 Å². The quantitative estimate of drug-likeness (QED) is 0.583. The van der Waals surface area contributed by atoms with E-state index in [2.05, 4.69) is 0 Å². The predicted molar refractivity (Wildman–Crippen MR) is 87.4 cm³/mol. The SMILES string of the molecule is O=COCC[C@H]1OC2(CCCCC2)O[C@@H]1Cc1ccccc1Cl. The molecule has 4 nitrogen and oxygen atoms in total. The first kappa shape index (κ1) is 16.7. The van der Waals surface area contributed by atoms with Gasteiger partial charge in [-0.3, -0.25) is 4.79 Å². The van der Waals surface area contributed by atoms with Gasteiger partial charge in [0.05, 0.1) is 18.8 Å². The number of hydrogen-bond acceptors (Lipinski definition) is 4. The molecule has 1 spiro atoms. The number of carbonyl (C=O) groups is 1. The van der Waals surface area contributed by atoms with Crippen molar-refractivity contribution < 1.29 is 19.0 Å². The van der Waals surface area contributed by atoms with Crippen LogP contribution >= 0.6 is 11.6 Å². The minimum atomic E-state index is -0.448. The third-order valence-electron chi connectivity index (χ3n) is 4.73. The normalized spacial score (nSPS) is 26.3. The lowest BCUT2D eigenvalue weighted by atomic mass is 9.94. The maximum absolute atomic E-state index is 10.4. The Balaban J connectivity index is 1.71. The minimum absolute atomic E-state index is 0.0525. The smallest absolute Gasteiger partial charge is 0.293 e. The van der Waals surface area contributed by atoms with Gasteiger partial charge in [-0.15, -0.1) is 0 Å². The van der Waals surface area contributed by atoms with Crippen molar-refractivity contribution in [3.05, 3.63) is 34.9 Å². The van der Waals surface area contributed by atoms with Crippen LogP contribution in [-0.4, -0.2) is 31.1 Å². The van der Waals surface area contributed by atoms with Crippen LogP contribution in [0.1, 0.15) is 44.1 Å². The van der Waals surface area contributed by atoms with Crippen molar-refractivity contribution in [1.29, 1.82) is 0 Å². The van der Waals surface area contributed by atoms with E-state index >= 15 is 0 Å². The fraction of sp³-hybridized carbons (Fsp3) is 0.611. The summed E-state index contributed by atoms with van der Waals surface area (Å²) in [6.45, 7) is 0.835. The number of ether oxygens (including phenoxy) is 3. The second-order valence-electron chi connectivity index (χ2n) is 6.34. The van der Waals surface area contributed by atoms with Crippen molar-refractivity contribution in [1.82, 2.24) is 0 Å². The van der Waals surface area contributed by atoms with Gasteiger partial charge < -0.3 is 14.2 Å². The molecule has 0 aromatic heterocycles. The van der Waals surface area contributed by atoms with Gasteiger partial charge in [-0.1, -0.05) is 36.2 Å². The van der Waals surface area contributed by atoms with Gasteiger partial charge in [-0.05, 0) is 24.5 Å². The van der Waals surface area contributed by atoms with E-state index in [0.717, 1.165) is 36.3 Å². The van der Waals surface area contributed by atoms with Gasteiger partial charge in [0.25, 0.3) is 6.47 Å². The van der Waals surface area contributed by atoms with E-state index in [1.54, 1.807) is 0 Å². The summed E-state index contributed by atoms with van der Waals surface area (Å²) in [5, 5.41) is 0.753. The zero-order valence-electron chi connectivity index (χ0n) is 13.2. The van der Waals surface area contributed by atoms with E-state index in [0.29, 0.717) is 25.9 Å². The number of hydrogen-bond donors (Lipinski definition) is 0. The van der Waals surface area contributed by atoms with Gasteiger partial charge in [0.2, 0.25) is 0 Å². The average Bonchev–Trinajstić information content (AvgIpc) is 2.88. The van der Waals surface area contributed by atoms with Crippen molar-refractivity contribution in [3.8, 4) is 0 Å². The summed E-state index contributed by atoms with van der Waals surface area (Å²) in [6, 6.07) is 7.83. The summed E-state index contributed by atoms with van der Waals surface area (Å²) < 4.78 is 17.5. The van der Waals surface area contributed by atoms with Crippen molar-refractivity contribution >= 4 is 18.1 Å². The molecule has 1 aliphatic carbocycles. The van der Waals surface area contributed by atoms with Crippen LogP contribution in [0.15, 0.2) is 24.3 Å². The Morgan fingerprint density at radius 3 is 2.65 bits per heavy atom. The lowest BCUT2D eigenvalue weighted by Crippen LogP contribution is -2.33. The standard InChI is InChI=1S/C18H23ClO4/c19-15-7-3-2-6-14(15)12-17-16(8-11-21-13-20)22-18(23-17)9-4-1-5-10-18/h2-3,6-7,13,16-17H,1,4-5,8-12H2/t16-,17-/m1/s1. The molecule has 0 unspecified atom stereocenters. The molecular weight excluding hydrogens is 316 g/mol. The summed E-state index contributed by atoms with van der Waals surface area (Å²) in [5.41, 5.74) is 1.07. The summed E-state index contributed by atoms with van der Waals surface area (Å²) in [7, 11) is 0. The summed E-state index contributed by atoms with van der Waals surface area (Å²) in [6.07, 6.45) is 6.64. The Morgan fingerprint density at radius 2 is 1.91 bits per heavy atom.